The molecule has 1 rings (SSSR count). The van der Waals surface area contributed by atoms with Gasteiger partial charge in [0, 0.05) is 20.2 Å². The summed E-state index contributed by atoms with van der Waals surface area (Å²) >= 11 is 0. The minimum Gasteiger partial charge on any atom is -0.481 e. The monoisotopic (exact) mass is 259 g/mol. The summed E-state index contributed by atoms with van der Waals surface area (Å²) in [6, 6.07) is 0. The van der Waals surface area contributed by atoms with Gasteiger partial charge in [-0.2, -0.15) is 0 Å². The van der Waals surface area contributed by atoms with Gasteiger partial charge in [-0.05, 0) is 19.8 Å². The number of hydrogen-bond donors (Lipinski definition) is 1. The molecule has 0 radical (unpaired) electrons. The first-order chi connectivity index (χ1) is 8.49. The topological polar surface area (TPSA) is 76.1 Å². The molecule has 1 aliphatic heterocycles. The Balaban J connectivity index is 2.30. The summed E-state index contributed by atoms with van der Waals surface area (Å²) in [5.74, 6) is -0.871. The van der Waals surface area contributed by atoms with Gasteiger partial charge in [0.25, 0.3) is 0 Å². The van der Waals surface area contributed by atoms with Crippen molar-refractivity contribution in [2.45, 2.75) is 19.8 Å². The van der Waals surface area contributed by atoms with Crippen LogP contribution in [-0.4, -0.2) is 61.9 Å². The van der Waals surface area contributed by atoms with Crippen LogP contribution in [0.15, 0.2) is 0 Å². The highest BCUT2D eigenvalue weighted by Crippen LogP contribution is 2.30. The van der Waals surface area contributed by atoms with Crippen LogP contribution in [0.3, 0.4) is 0 Å². The lowest BCUT2D eigenvalue weighted by atomic mass is 9.80. The third-order valence-electron chi connectivity index (χ3n) is 3.39. The number of carboxylic acid groups (broad SMARTS) is 1. The van der Waals surface area contributed by atoms with E-state index in [1.807, 2.05) is 0 Å². The van der Waals surface area contributed by atoms with E-state index in [9.17, 15) is 9.59 Å². The van der Waals surface area contributed by atoms with E-state index in [-0.39, 0.29) is 12.5 Å². The number of methoxy groups -OCH3 is 1. The number of nitrogens with zero attached hydrogens (tertiary/aromatic N) is 1. The Bertz CT molecular complexity index is 297. The van der Waals surface area contributed by atoms with E-state index in [4.69, 9.17) is 14.6 Å². The van der Waals surface area contributed by atoms with Crippen molar-refractivity contribution in [2.75, 3.05) is 40.0 Å². The maximum Gasteiger partial charge on any atom is 0.309 e. The minimum absolute atomic E-state index is 0.0349. The second kappa shape index (κ2) is 6.70. The van der Waals surface area contributed by atoms with Crippen molar-refractivity contribution in [1.29, 1.82) is 0 Å². The van der Waals surface area contributed by atoms with Crippen molar-refractivity contribution in [3.8, 4) is 0 Å². The van der Waals surface area contributed by atoms with Crippen LogP contribution in [0.4, 0.5) is 0 Å². The summed E-state index contributed by atoms with van der Waals surface area (Å²) in [6.45, 7) is 3.58. The number of carboxylic acids is 1. The molecule has 0 spiro atoms. The van der Waals surface area contributed by atoms with Gasteiger partial charge in [-0.3, -0.25) is 9.59 Å². The van der Waals surface area contributed by atoms with Gasteiger partial charge in [0.05, 0.1) is 18.6 Å². The Morgan fingerprint density at radius 1 is 1.28 bits per heavy atom. The van der Waals surface area contributed by atoms with Crippen molar-refractivity contribution >= 4 is 11.9 Å². The van der Waals surface area contributed by atoms with Gasteiger partial charge in [-0.1, -0.05) is 0 Å². The maximum absolute atomic E-state index is 11.8. The zero-order valence-electron chi connectivity index (χ0n) is 11.0. The molecule has 0 atom stereocenters. The molecule has 1 amide bonds. The number of amides is 1. The van der Waals surface area contributed by atoms with Gasteiger partial charge >= 0.3 is 5.97 Å². The SMILES string of the molecule is COCCOCC(=O)N1CCC(C)(C(=O)O)CC1. The zero-order chi connectivity index (χ0) is 13.6. The quantitative estimate of drug-likeness (QED) is 0.697. The number of carbonyl (C=O) groups excluding carboxylic acids is 1. The number of aliphatic carboxylic acids is 1. The van der Waals surface area contributed by atoms with Gasteiger partial charge < -0.3 is 19.5 Å². The van der Waals surface area contributed by atoms with Gasteiger partial charge in [-0.15, -0.1) is 0 Å². The van der Waals surface area contributed by atoms with Crippen LogP contribution in [0.2, 0.25) is 0 Å². The molecule has 6 heteroatoms. The van der Waals surface area contributed by atoms with Gasteiger partial charge in [0.2, 0.25) is 5.91 Å². The maximum atomic E-state index is 11.8. The number of hydrogen-bond acceptors (Lipinski definition) is 4. The second-order valence-corrected chi connectivity index (χ2v) is 4.79. The molecule has 0 aliphatic carbocycles. The highest BCUT2D eigenvalue weighted by molar-refractivity contribution is 5.78. The van der Waals surface area contributed by atoms with Gasteiger partial charge in [0.15, 0.2) is 0 Å². The lowest BCUT2D eigenvalue weighted by molar-refractivity contribution is -0.153. The smallest absolute Gasteiger partial charge is 0.309 e. The van der Waals surface area contributed by atoms with Crippen LogP contribution >= 0.6 is 0 Å². The standard InChI is InChI=1S/C12H21NO5/c1-12(11(15)16)3-5-13(6-4-12)10(14)9-18-8-7-17-2/h3-9H2,1-2H3,(H,15,16). The van der Waals surface area contributed by atoms with Crippen LogP contribution in [0.25, 0.3) is 0 Å². The molecule has 1 N–H and O–H groups in total. The predicted octanol–water partition coefficient (Wildman–Crippen LogP) is 0.363. The molecule has 104 valence electrons. The normalized spacial score (nSPS) is 18.7. The number of rotatable bonds is 6. The van der Waals surface area contributed by atoms with Crippen molar-refractivity contribution in [3.05, 3.63) is 0 Å². The predicted molar refractivity (Wildman–Crippen MR) is 64.3 cm³/mol. The van der Waals surface area contributed by atoms with E-state index >= 15 is 0 Å². The van der Waals surface area contributed by atoms with E-state index in [1.54, 1.807) is 18.9 Å². The van der Waals surface area contributed by atoms with Crippen molar-refractivity contribution < 1.29 is 24.2 Å². The molecule has 1 fully saturated rings. The van der Waals surface area contributed by atoms with Crippen LogP contribution in [-0.2, 0) is 19.1 Å². The van der Waals surface area contributed by atoms with Crippen LogP contribution in [0, 0.1) is 5.41 Å². The molecule has 0 unspecified atom stereocenters. The molecule has 0 aromatic rings. The first-order valence-corrected chi connectivity index (χ1v) is 6.07. The van der Waals surface area contributed by atoms with Crippen molar-refractivity contribution in [2.24, 2.45) is 5.41 Å². The van der Waals surface area contributed by atoms with Gasteiger partial charge in [-0.25, -0.2) is 0 Å². The average molecular weight is 259 g/mol. The molecule has 18 heavy (non-hydrogen) atoms. The van der Waals surface area contributed by atoms with Gasteiger partial charge in [0.1, 0.15) is 6.61 Å². The van der Waals surface area contributed by atoms with Crippen LogP contribution < -0.4 is 0 Å². The number of likely N-dealkylation sites (tertiary alicyclic amines) is 1. The Morgan fingerprint density at radius 3 is 2.39 bits per heavy atom. The summed E-state index contributed by atoms with van der Waals surface area (Å²) in [4.78, 5) is 24.5. The van der Waals surface area contributed by atoms with E-state index in [0.717, 1.165) is 0 Å². The number of piperidine rings is 1. The third-order valence-corrected chi connectivity index (χ3v) is 3.39. The Hall–Kier alpha value is -1.14. The molecule has 1 saturated heterocycles. The van der Waals surface area contributed by atoms with E-state index in [0.29, 0.717) is 39.1 Å². The lowest BCUT2D eigenvalue weighted by Crippen LogP contribution is -2.46. The lowest BCUT2D eigenvalue weighted by Gasteiger charge is -2.36. The van der Waals surface area contributed by atoms with E-state index in [1.165, 1.54) is 0 Å². The van der Waals surface area contributed by atoms with E-state index < -0.39 is 11.4 Å². The molecular formula is C12H21NO5. The summed E-state index contributed by atoms with van der Waals surface area (Å²) in [6.07, 6.45) is 0.984. The highest BCUT2D eigenvalue weighted by Gasteiger charge is 2.37. The number of ether oxygens (including phenoxy) is 2. The number of carbonyl (C=O) groups is 2. The summed E-state index contributed by atoms with van der Waals surface area (Å²) in [7, 11) is 1.57. The molecule has 1 aliphatic rings. The first kappa shape index (κ1) is 14.9. The second-order valence-electron chi connectivity index (χ2n) is 4.79. The molecule has 6 nitrogen and oxygen atoms in total. The Morgan fingerprint density at radius 2 is 1.89 bits per heavy atom. The van der Waals surface area contributed by atoms with E-state index in [2.05, 4.69) is 0 Å². The third kappa shape index (κ3) is 3.96. The van der Waals surface area contributed by atoms with Crippen molar-refractivity contribution in [1.82, 2.24) is 4.90 Å². The largest absolute Gasteiger partial charge is 0.481 e. The van der Waals surface area contributed by atoms with Crippen LogP contribution in [0.1, 0.15) is 19.8 Å². The van der Waals surface area contributed by atoms with Crippen LogP contribution in [0.5, 0.6) is 0 Å². The molecule has 0 aromatic carbocycles. The molecule has 0 aromatic heterocycles. The fourth-order valence-electron chi connectivity index (χ4n) is 1.86. The summed E-state index contributed by atoms with van der Waals surface area (Å²) < 4.78 is 9.96. The average Bonchev–Trinajstić information content (AvgIpc) is 2.35. The highest BCUT2D eigenvalue weighted by atomic mass is 16.5. The van der Waals surface area contributed by atoms with Crippen molar-refractivity contribution in [3.63, 3.8) is 0 Å². The first-order valence-electron chi connectivity index (χ1n) is 6.07. The summed E-state index contributed by atoms with van der Waals surface area (Å²) in [5.41, 5.74) is -0.701. The Labute approximate surface area is 107 Å². The minimum atomic E-state index is -0.786. The Kier molecular flexibility index (Phi) is 5.55. The fourth-order valence-corrected chi connectivity index (χ4v) is 1.86. The fraction of sp³-hybridized carbons (Fsp3) is 0.833. The molecule has 1 heterocycles. The molecule has 0 saturated carbocycles. The molecular weight excluding hydrogens is 238 g/mol. The zero-order valence-corrected chi connectivity index (χ0v) is 11.0. The molecule has 0 bridgehead atoms. The summed E-state index contributed by atoms with van der Waals surface area (Å²) in [5, 5.41) is 9.08.